The molecule has 1 heterocycles. The van der Waals surface area contributed by atoms with Crippen molar-refractivity contribution >= 4 is 10.0 Å². The van der Waals surface area contributed by atoms with Gasteiger partial charge in [0, 0.05) is 0 Å². The summed E-state index contributed by atoms with van der Waals surface area (Å²) in [6.07, 6.45) is 3.12. The Morgan fingerprint density at radius 3 is 1.48 bits per heavy atom. The van der Waals surface area contributed by atoms with Crippen molar-refractivity contribution in [2.45, 2.75) is 56.6 Å². The van der Waals surface area contributed by atoms with Gasteiger partial charge in [0.1, 0.15) is 18.3 Å². The Morgan fingerprint density at radius 2 is 1.02 bits per heavy atom. The summed E-state index contributed by atoms with van der Waals surface area (Å²) >= 11 is 0. The molecule has 1 saturated heterocycles. The maximum Gasteiger partial charge on any atom is 0.262 e. The van der Waals surface area contributed by atoms with Crippen LogP contribution in [0.1, 0.15) is 22.3 Å². The molecule has 242 valence electrons. The molecule has 0 amide bonds. The van der Waals surface area contributed by atoms with Crippen molar-refractivity contribution in [2.24, 2.45) is 0 Å². The SMILES string of the molecule is CS(C)(C)C#CC1(O)O[C@H](COCc2ccccc2)[C@@H](OCc2ccccc2)[C@H](OCc2ccccc2)[C@H]1OCc1ccccc1. The molecule has 7 heteroatoms. The van der Waals surface area contributed by atoms with Crippen molar-refractivity contribution in [3.05, 3.63) is 144 Å². The van der Waals surface area contributed by atoms with Gasteiger partial charge in [-0.2, -0.15) is 10.0 Å². The van der Waals surface area contributed by atoms with Crippen LogP contribution in [0.2, 0.25) is 0 Å². The average molecular weight is 641 g/mol. The molecule has 4 aromatic carbocycles. The van der Waals surface area contributed by atoms with E-state index in [4.69, 9.17) is 23.7 Å². The molecular weight excluding hydrogens is 596 g/mol. The van der Waals surface area contributed by atoms with E-state index in [2.05, 4.69) is 29.9 Å². The predicted octanol–water partition coefficient (Wildman–Crippen LogP) is 6.70. The van der Waals surface area contributed by atoms with Gasteiger partial charge in [0.05, 0.1) is 33.0 Å². The molecule has 1 unspecified atom stereocenters. The first-order valence-electron chi connectivity index (χ1n) is 15.5. The van der Waals surface area contributed by atoms with Crippen LogP contribution in [0.15, 0.2) is 121 Å². The fraction of sp³-hybridized carbons (Fsp3) is 0.333. The molecule has 0 aliphatic carbocycles. The number of aliphatic hydroxyl groups is 1. The summed E-state index contributed by atoms with van der Waals surface area (Å²) < 4.78 is 32.6. The number of hydrogen-bond donors (Lipinski definition) is 1. The number of hydrogen-bond acceptors (Lipinski definition) is 6. The number of benzene rings is 4. The molecule has 0 spiro atoms. The van der Waals surface area contributed by atoms with Crippen LogP contribution in [0, 0.1) is 11.2 Å². The largest absolute Gasteiger partial charge is 0.374 e. The van der Waals surface area contributed by atoms with E-state index in [9.17, 15) is 5.11 Å². The second-order valence-electron chi connectivity index (χ2n) is 12.2. The maximum atomic E-state index is 12.3. The van der Waals surface area contributed by atoms with Crippen LogP contribution in [0.25, 0.3) is 0 Å². The van der Waals surface area contributed by atoms with E-state index < -0.39 is 40.2 Å². The fourth-order valence-corrected chi connectivity index (χ4v) is 5.63. The van der Waals surface area contributed by atoms with Gasteiger partial charge in [0.25, 0.3) is 5.79 Å². The third-order valence-electron chi connectivity index (χ3n) is 7.48. The van der Waals surface area contributed by atoms with E-state index in [1.165, 1.54) is 0 Å². The van der Waals surface area contributed by atoms with Gasteiger partial charge in [-0.05, 0) is 52.2 Å². The smallest absolute Gasteiger partial charge is 0.262 e. The Kier molecular flexibility index (Phi) is 12.1. The second kappa shape index (κ2) is 16.4. The summed E-state index contributed by atoms with van der Waals surface area (Å²) in [7, 11) is -1.32. The summed E-state index contributed by atoms with van der Waals surface area (Å²) in [6, 6.07) is 39.7. The van der Waals surface area contributed by atoms with Gasteiger partial charge in [-0.25, -0.2) is 0 Å². The summed E-state index contributed by atoms with van der Waals surface area (Å²) in [4.78, 5) is 0. The van der Waals surface area contributed by atoms with E-state index >= 15 is 0 Å². The lowest BCUT2D eigenvalue weighted by Crippen LogP contribution is -2.66. The highest BCUT2D eigenvalue weighted by Gasteiger charge is 2.56. The van der Waals surface area contributed by atoms with Crippen molar-refractivity contribution in [3.8, 4) is 11.2 Å². The highest BCUT2D eigenvalue weighted by molar-refractivity contribution is 8.35. The Balaban J connectivity index is 1.50. The molecule has 0 radical (unpaired) electrons. The van der Waals surface area contributed by atoms with E-state index in [0.29, 0.717) is 13.2 Å². The first-order valence-corrected chi connectivity index (χ1v) is 18.4. The van der Waals surface area contributed by atoms with Crippen LogP contribution in [0.4, 0.5) is 0 Å². The fourth-order valence-electron chi connectivity index (χ4n) is 5.18. The van der Waals surface area contributed by atoms with Gasteiger partial charge in [-0.1, -0.05) is 121 Å². The van der Waals surface area contributed by atoms with Gasteiger partial charge in [0.2, 0.25) is 0 Å². The summed E-state index contributed by atoms with van der Waals surface area (Å²) in [5.74, 6) is 1.11. The molecule has 46 heavy (non-hydrogen) atoms. The maximum absolute atomic E-state index is 12.3. The van der Waals surface area contributed by atoms with E-state index in [-0.39, 0.29) is 19.8 Å². The Bertz CT molecular complexity index is 1520. The third-order valence-corrected chi connectivity index (χ3v) is 8.19. The highest BCUT2D eigenvalue weighted by Crippen LogP contribution is 2.38. The zero-order valence-corrected chi connectivity index (χ0v) is 27.6. The zero-order chi connectivity index (χ0) is 32.2. The third kappa shape index (κ3) is 10.0. The van der Waals surface area contributed by atoms with Crippen LogP contribution in [0.5, 0.6) is 0 Å². The van der Waals surface area contributed by atoms with Crippen molar-refractivity contribution in [1.29, 1.82) is 0 Å². The minimum Gasteiger partial charge on any atom is -0.374 e. The Hall–Kier alpha value is -3.45. The molecule has 1 N–H and O–H groups in total. The zero-order valence-electron chi connectivity index (χ0n) is 26.8. The molecular formula is C39H44O6S. The van der Waals surface area contributed by atoms with E-state index in [1.54, 1.807) is 0 Å². The molecule has 4 aromatic rings. The van der Waals surface area contributed by atoms with E-state index in [1.807, 2.05) is 121 Å². The number of ether oxygens (including phenoxy) is 5. The topological polar surface area (TPSA) is 66.4 Å². The molecule has 1 aliphatic heterocycles. The summed E-state index contributed by atoms with van der Waals surface area (Å²) in [6.45, 7) is 1.36. The molecule has 6 nitrogen and oxygen atoms in total. The van der Waals surface area contributed by atoms with Crippen LogP contribution >= 0.6 is 10.0 Å². The monoisotopic (exact) mass is 640 g/mol. The Labute approximate surface area is 274 Å². The van der Waals surface area contributed by atoms with Gasteiger partial charge >= 0.3 is 0 Å². The molecule has 0 saturated carbocycles. The van der Waals surface area contributed by atoms with E-state index in [0.717, 1.165) is 22.3 Å². The minimum atomic E-state index is -1.98. The van der Waals surface area contributed by atoms with Crippen molar-refractivity contribution in [1.82, 2.24) is 0 Å². The first kappa shape index (κ1) is 33.9. The molecule has 1 fully saturated rings. The highest BCUT2D eigenvalue weighted by atomic mass is 32.3. The van der Waals surface area contributed by atoms with Crippen molar-refractivity contribution in [2.75, 3.05) is 25.4 Å². The molecule has 0 bridgehead atoms. The van der Waals surface area contributed by atoms with Gasteiger partial charge < -0.3 is 28.8 Å². The van der Waals surface area contributed by atoms with Gasteiger partial charge in [-0.15, -0.1) is 0 Å². The molecule has 5 atom stereocenters. The van der Waals surface area contributed by atoms with Crippen molar-refractivity contribution in [3.63, 3.8) is 0 Å². The number of rotatable bonds is 13. The molecule has 0 aromatic heterocycles. The van der Waals surface area contributed by atoms with Gasteiger partial charge in [-0.3, -0.25) is 0 Å². The molecule has 1 aliphatic rings. The Morgan fingerprint density at radius 1 is 0.609 bits per heavy atom. The van der Waals surface area contributed by atoms with Crippen LogP contribution in [0.3, 0.4) is 0 Å². The molecule has 5 rings (SSSR count). The standard InChI is InChI=1S/C39H44O6S/c1-46(2,3)25-24-39(40)38(44-29-34-22-14-7-15-23-34)37(43-28-33-20-12-6-13-21-33)36(42-27-32-18-10-5-11-19-32)35(45-39)30-41-26-31-16-8-4-9-17-31/h4-23,35-38,40H,26-30H2,1-3H3/t35-,36-,37+,38-,39?/m1/s1. The normalized spacial score (nSPS) is 23.3. The lowest BCUT2D eigenvalue weighted by Gasteiger charge is -2.48. The minimum absolute atomic E-state index is 0.150. The lowest BCUT2D eigenvalue weighted by atomic mass is 9.91. The predicted molar refractivity (Wildman–Crippen MR) is 184 cm³/mol. The summed E-state index contributed by atoms with van der Waals surface area (Å²) in [5.41, 5.74) is 3.98. The van der Waals surface area contributed by atoms with Gasteiger partial charge in [0.15, 0.2) is 6.10 Å². The summed E-state index contributed by atoms with van der Waals surface area (Å²) in [5, 5.41) is 15.6. The quantitative estimate of drug-likeness (QED) is 0.164. The van der Waals surface area contributed by atoms with Crippen LogP contribution in [-0.2, 0) is 50.1 Å². The van der Waals surface area contributed by atoms with Crippen LogP contribution in [-0.4, -0.2) is 60.7 Å². The lowest BCUT2D eigenvalue weighted by molar-refractivity contribution is -0.347. The average Bonchev–Trinajstić information content (AvgIpc) is 3.07. The van der Waals surface area contributed by atoms with Crippen molar-refractivity contribution < 1.29 is 28.8 Å². The first-order chi connectivity index (χ1) is 22.3. The van der Waals surface area contributed by atoms with Crippen LogP contribution < -0.4 is 0 Å². The second-order valence-corrected chi connectivity index (χ2v) is 16.0.